The van der Waals surface area contributed by atoms with E-state index in [9.17, 15) is 18.6 Å². The summed E-state index contributed by atoms with van der Waals surface area (Å²) in [7, 11) is -2.00. The summed E-state index contributed by atoms with van der Waals surface area (Å²) in [6.45, 7) is 0.882. The smallest absolute Gasteiger partial charge is 0.414 e. The molecular formula is C18H18FN6O5P. The molecule has 1 aromatic carbocycles. The van der Waals surface area contributed by atoms with Crippen molar-refractivity contribution in [2.24, 2.45) is 7.05 Å². The normalized spacial score (nSPS) is 18.1. The molecule has 2 atom stereocenters. The van der Waals surface area contributed by atoms with E-state index in [2.05, 4.69) is 20.5 Å². The first-order chi connectivity index (χ1) is 14.7. The minimum Gasteiger partial charge on any atom is -0.441 e. The molecule has 1 aliphatic heterocycles. The molecule has 0 aliphatic carbocycles. The van der Waals surface area contributed by atoms with Gasteiger partial charge in [-0.15, -0.1) is 5.10 Å². The molecule has 0 saturated carbocycles. The van der Waals surface area contributed by atoms with E-state index in [1.165, 1.54) is 27.9 Å². The molecule has 1 N–H and O–H groups in total. The van der Waals surface area contributed by atoms with Gasteiger partial charge in [0, 0.05) is 31.0 Å². The first-order valence-corrected chi connectivity index (χ1v) is 11.2. The van der Waals surface area contributed by atoms with Crippen molar-refractivity contribution in [3.8, 4) is 22.6 Å². The topological polar surface area (TPSA) is 133 Å². The lowest BCUT2D eigenvalue weighted by Gasteiger charge is -2.15. The first kappa shape index (κ1) is 21.0. The molecule has 1 fully saturated rings. The number of carbonyl (C=O) groups is 1. The lowest BCUT2D eigenvalue weighted by Crippen LogP contribution is -2.25. The van der Waals surface area contributed by atoms with Crippen LogP contribution in [0.4, 0.5) is 14.9 Å². The minimum absolute atomic E-state index is 0.0691. The van der Waals surface area contributed by atoms with Crippen molar-refractivity contribution in [1.29, 1.82) is 0 Å². The molecule has 13 heteroatoms. The Morgan fingerprint density at radius 3 is 2.77 bits per heavy atom. The molecular weight excluding hydrogens is 430 g/mol. The third-order valence-electron chi connectivity index (χ3n) is 4.56. The van der Waals surface area contributed by atoms with E-state index in [4.69, 9.17) is 9.26 Å². The van der Waals surface area contributed by atoms with Gasteiger partial charge in [-0.25, -0.2) is 13.9 Å². The van der Waals surface area contributed by atoms with Gasteiger partial charge in [-0.1, -0.05) is 6.07 Å². The van der Waals surface area contributed by atoms with Crippen LogP contribution in [0.1, 0.15) is 0 Å². The van der Waals surface area contributed by atoms with Gasteiger partial charge in [-0.2, -0.15) is 0 Å². The Balaban J connectivity index is 1.50. The number of hydrogen-bond donors (Lipinski definition) is 1. The maximum absolute atomic E-state index is 14.8. The molecule has 0 bridgehead atoms. The van der Waals surface area contributed by atoms with Crippen LogP contribution in [-0.2, 0) is 20.9 Å². The number of halogens is 1. The van der Waals surface area contributed by atoms with Crippen LogP contribution in [0, 0.1) is 5.82 Å². The number of benzene rings is 1. The highest BCUT2D eigenvalue weighted by molar-refractivity contribution is 7.51. The quantitative estimate of drug-likeness (QED) is 0.564. The van der Waals surface area contributed by atoms with Crippen molar-refractivity contribution in [3.05, 3.63) is 42.3 Å². The molecule has 1 amide bonds. The monoisotopic (exact) mass is 448 g/mol. The lowest BCUT2D eigenvalue weighted by molar-refractivity contribution is 0.100. The lowest BCUT2D eigenvalue weighted by atomic mass is 10.1. The highest BCUT2D eigenvalue weighted by Crippen LogP contribution is 2.37. The zero-order chi connectivity index (χ0) is 22.2. The number of tetrazole rings is 1. The Hall–Kier alpha value is -3.21. The first-order valence-electron chi connectivity index (χ1n) is 9.13. The number of ether oxygens (including phenoxy) is 1. The van der Waals surface area contributed by atoms with Crippen LogP contribution < -0.4 is 4.90 Å². The molecule has 3 heterocycles. The molecule has 3 aromatic rings. The van der Waals surface area contributed by atoms with Crippen LogP contribution in [0.5, 0.6) is 0 Å². The Morgan fingerprint density at radius 1 is 1.35 bits per heavy atom. The molecule has 1 saturated heterocycles. The number of cyclic esters (lactones) is 1. The van der Waals surface area contributed by atoms with Gasteiger partial charge in [0.25, 0.3) is 0 Å². The Kier molecular flexibility index (Phi) is 5.52. The number of nitrogens with zero attached hydrogens (tertiary/aromatic N) is 6. The van der Waals surface area contributed by atoms with Gasteiger partial charge in [0.1, 0.15) is 17.6 Å². The van der Waals surface area contributed by atoms with Crippen molar-refractivity contribution < 1.29 is 27.9 Å². The predicted octanol–water partition coefficient (Wildman–Crippen LogP) is 2.24. The predicted molar refractivity (Wildman–Crippen MR) is 107 cm³/mol. The van der Waals surface area contributed by atoms with Crippen LogP contribution in [-0.4, -0.2) is 62.1 Å². The highest BCUT2D eigenvalue weighted by Gasteiger charge is 2.34. The van der Waals surface area contributed by atoms with E-state index in [1.807, 2.05) is 0 Å². The largest absolute Gasteiger partial charge is 0.441 e. The SMILES string of the molecule is Cn1nnnc1-c1ccc(-c2ccc(N3C[C@H](COP(C)(=O)O)OC3=O)cc2F)cn1. The summed E-state index contributed by atoms with van der Waals surface area (Å²) in [6, 6.07) is 7.72. The van der Waals surface area contributed by atoms with E-state index in [1.54, 1.807) is 25.2 Å². The van der Waals surface area contributed by atoms with Crippen LogP contribution >= 0.6 is 7.60 Å². The van der Waals surface area contributed by atoms with Gasteiger partial charge >= 0.3 is 13.7 Å². The van der Waals surface area contributed by atoms with Gasteiger partial charge in [0.05, 0.1) is 18.8 Å². The van der Waals surface area contributed by atoms with Gasteiger partial charge in [-0.3, -0.25) is 14.4 Å². The molecule has 4 rings (SSSR count). The number of amides is 1. The number of aryl methyl sites for hydroxylation is 1. The average molecular weight is 448 g/mol. The maximum atomic E-state index is 14.8. The second-order valence-corrected chi connectivity index (χ2v) is 8.80. The van der Waals surface area contributed by atoms with Crippen molar-refractivity contribution >= 4 is 19.4 Å². The summed E-state index contributed by atoms with van der Waals surface area (Å²) in [5, 5.41) is 11.2. The number of rotatable bonds is 6. The fraction of sp³-hybridized carbons (Fsp3) is 0.278. The highest BCUT2D eigenvalue weighted by atomic mass is 31.2. The Morgan fingerprint density at radius 2 is 2.16 bits per heavy atom. The van der Waals surface area contributed by atoms with Crippen LogP contribution in [0.2, 0.25) is 0 Å². The number of anilines is 1. The Bertz CT molecular complexity index is 1160. The van der Waals surface area contributed by atoms with E-state index >= 15 is 0 Å². The van der Waals surface area contributed by atoms with Crippen LogP contribution in [0.25, 0.3) is 22.6 Å². The van der Waals surface area contributed by atoms with Gasteiger partial charge < -0.3 is 14.2 Å². The maximum Gasteiger partial charge on any atom is 0.414 e. The fourth-order valence-electron chi connectivity index (χ4n) is 3.08. The molecule has 162 valence electrons. The standard InChI is InChI=1S/C18H18FN6O5P/c1-24-17(21-22-23-24)16-6-3-11(8-20-16)14-5-4-12(7-15(14)19)25-9-13(30-18(25)26)10-29-31(2,27)28/h3-8,13H,9-10H2,1-2H3,(H,27,28)/t13-/m1/s1. The number of hydrogen-bond acceptors (Lipinski definition) is 8. The molecule has 2 aromatic heterocycles. The molecule has 0 spiro atoms. The third kappa shape index (κ3) is 4.61. The van der Waals surface area contributed by atoms with Crippen LogP contribution in [0.3, 0.4) is 0 Å². The summed E-state index contributed by atoms with van der Waals surface area (Å²) in [5.41, 5.74) is 1.69. The second kappa shape index (κ2) is 8.14. The van der Waals surface area contributed by atoms with E-state index < -0.39 is 25.6 Å². The summed E-state index contributed by atoms with van der Waals surface area (Å²) < 4.78 is 37.5. The summed E-state index contributed by atoms with van der Waals surface area (Å²) in [4.78, 5) is 26.8. The van der Waals surface area contributed by atoms with E-state index in [-0.39, 0.29) is 13.2 Å². The van der Waals surface area contributed by atoms with Gasteiger partial charge in [0.2, 0.25) is 0 Å². The fourth-order valence-corrected chi connectivity index (χ4v) is 3.52. The van der Waals surface area contributed by atoms with E-state index in [0.29, 0.717) is 28.3 Å². The molecule has 11 nitrogen and oxygen atoms in total. The molecule has 0 radical (unpaired) electrons. The summed E-state index contributed by atoms with van der Waals surface area (Å²) in [5.74, 6) is -0.0673. The number of carbonyl (C=O) groups excluding carboxylic acids is 1. The molecule has 31 heavy (non-hydrogen) atoms. The summed E-state index contributed by atoms with van der Waals surface area (Å²) >= 11 is 0. The average Bonchev–Trinajstić information content (AvgIpc) is 3.31. The minimum atomic E-state index is -3.69. The van der Waals surface area contributed by atoms with E-state index in [0.717, 1.165) is 6.66 Å². The van der Waals surface area contributed by atoms with Crippen LogP contribution in [0.15, 0.2) is 36.5 Å². The zero-order valence-corrected chi connectivity index (χ0v) is 17.4. The van der Waals surface area contributed by atoms with Gasteiger partial charge in [-0.05, 0) is 34.7 Å². The van der Waals surface area contributed by atoms with Crippen molar-refractivity contribution in [2.75, 3.05) is 24.7 Å². The number of pyridine rings is 1. The molecule has 1 unspecified atom stereocenters. The molecule has 1 aliphatic rings. The second-order valence-electron chi connectivity index (χ2n) is 6.94. The van der Waals surface area contributed by atoms with Crippen molar-refractivity contribution in [1.82, 2.24) is 25.2 Å². The van der Waals surface area contributed by atoms with Crippen molar-refractivity contribution in [2.45, 2.75) is 6.10 Å². The zero-order valence-electron chi connectivity index (χ0n) is 16.5. The summed E-state index contributed by atoms with van der Waals surface area (Å²) in [6.07, 6.45) is 0.0905. The van der Waals surface area contributed by atoms with Gasteiger partial charge in [0.15, 0.2) is 5.82 Å². The Labute approximate surface area is 176 Å². The number of aromatic nitrogens is 5. The third-order valence-corrected chi connectivity index (χ3v) is 5.19. The van der Waals surface area contributed by atoms with Crippen molar-refractivity contribution in [3.63, 3.8) is 0 Å².